The SMILES string of the molecule is C=Cc1c(-c2nc(N[C@H]3CCCN(C)C3)ncc2C(F)(F)F)c[nH]c1/C(Cl)=C/NC(=O)OC. The Morgan fingerprint density at radius 2 is 2.21 bits per heavy atom. The molecule has 3 N–H and O–H groups in total. The third kappa shape index (κ3) is 5.85. The van der Waals surface area contributed by atoms with Crippen LogP contribution < -0.4 is 10.6 Å². The molecule has 178 valence electrons. The van der Waals surface area contributed by atoms with Crippen LogP contribution in [0.3, 0.4) is 0 Å². The molecule has 2 aromatic heterocycles. The Hall–Kier alpha value is -3.05. The topological polar surface area (TPSA) is 95.2 Å². The zero-order chi connectivity index (χ0) is 24.2. The summed E-state index contributed by atoms with van der Waals surface area (Å²) < 4.78 is 45.8. The van der Waals surface area contributed by atoms with Crippen LogP contribution in [-0.2, 0) is 10.9 Å². The molecule has 1 aliphatic rings. The van der Waals surface area contributed by atoms with E-state index in [1.165, 1.54) is 19.4 Å². The van der Waals surface area contributed by atoms with E-state index in [0.717, 1.165) is 38.3 Å². The van der Waals surface area contributed by atoms with Crippen LogP contribution in [0.5, 0.6) is 0 Å². The molecule has 0 bridgehead atoms. The number of H-pyrrole nitrogens is 1. The summed E-state index contributed by atoms with van der Waals surface area (Å²) in [5.41, 5.74) is -0.617. The lowest BCUT2D eigenvalue weighted by atomic mass is 10.0. The Kier molecular flexibility index (Phi) is 7.65. The summed E-state index contributed by atoms with van der Waals surface area (Å²) in [7, 11) is 3.17. The minimum Gasteiger partial charge on any atom is -0.453 e. The van der Waals surface area contributed by atoms with Crippen molar-refractivity contribution in [3.05, 3.63) is 42.0 Å². The van der Waals surface area contributed by atoms with Crippen molar-refractivity contribution >= 4 is 34.8 Å². The van der Waals surface area contributed by atoms with Gasteiger partial charge in [0, 0.05) is 42.3 Å². The predicted molar refractivity (Wildman–Crippen MR) is 120 cm³/mol. The first-order valence-corrected chi connectivity index (χ1v) is 10.5. The summed E-state index contributed by atoms with van der Waals surface area (Å²) in [5, 5.41) is 5.47. The number of hydrogen-bond donors (Lipinski definition) is 3. The number of nitrogens with one attached hydrogen (secondary N) is 3. The van der Waals surface area contributed by atoms with Gasteiger partial charge in [0.1, 0.15) is 5.56 Å². The average Bonchev–Trinajstić information content (AvgIpc) is 3.20. The molecule has 0 aliphatic carbocycles. The first-order valence-electron chi connectivity index (χ1n) is 10.1. The normalized spacial score (nSPS) is 17.5. The number of methoxy groups -OCH3 is 1. The lowest BCUT2D eigenvalue weighted by Crippen LogP contribution is -2.40. The van der Waals surface area contributed by atoms with Crippen molar-refractivity contribution in [3.8, 4) is 11.3 Å². The molecule has 2 aromatic rings. The number of likely N-dealkylation sites (N-methyl/N-ethyl adjacent to an activating group) is 1. The lowest BCUT2D eigenvalue weighted by molar-refractivity contribution is -0.137. The van der Waals surface area contributed by atoms with E-state index in [-0.39, 0.29) is 39.5 Å². The molecule has 0 spiro atoms. The summed E-state index contributed by atoms with van der Waals surface area (Å²) in [5.74, 6) is 0.102. The molecule has 12 heteroatoms. The number of nitrogens with zero attached hydrogens (tertiary/aromatic N) is 3. The number of ether oxygens (including phenoxy) is 1. The minimum absolute atomic E-state index is 0.0239. The maximum atomic E-state index is 13.8. The van der Waals surface area contributed by atoms with Crippen molar-refractivity contribution in [2.24, 2.45) is 0 Å². The number of aromatic amines is 1. The monoisotopic (exact) mass is 484 g/mol. The molecule has 0 unspecified atom stereocenters. The highest BCUT2D eigenvalue weighted by Crippen LogP contribution is 2.39. The number of alkyl halides is 3. The maximum absolute atomic E-state index is 13.8. The molecule has 1 amide bonds. The van der Waals surface area contributed by atoms with Gasteiger partial charge < -0.3 is 19.9 Å². The molecule has 3 rings (SSSR count). The lowest BCUT2D eigenvalue weighted by Gasteiger charge is -2.30. The van der Waals surface area contributed by atoms with Crippen LogP contribution in [-0.4, -0.2) is 59.2 Å². The fraction of sp³-hybridized carbons (Fsp3) is 0.381. The van der Waals surface area contributed by atoms with Crippen LogP contribution >= 0.6 is 11.6 Å². The van der Waals surface area contributed by atoms with Gasteiger partial charge in [0.15, 0.2) is 0 Å². The van der Waals surface area contributed by atoms with E-state index in [9.17, 15) is 18.0 Å². The molecule has 0 saturated carbocycles. The minimum atomic E-state index is -4.68. The Morgan fingerprint density at radius 3 is 2.85 bits per heavy atom. The zero-order valence-corrected chi connectivity index (χ0v) is 18.8. The van der Waals surface area contributed by atoms with Crippen LogP contribution in [0.1, 0.15) is 29.7 Å². The quantitative estimate of drug-likeness (QED) is 0.557. The molecule has 1 aliphatic heterocycles. The number of piperidine rings is 1. The summed E-state index contributed by atoms with van der Waals surface area (Å²) in [6.07, 6.45) is 1.05. The first kappa shape index (κ1) is 24.6. The number of carbonyl (C=O) groups is 1. The number of anilines is 1. The third-order valence-electron chi connectivity index (χ3n) is 5.17. The summed E-state index contributed by atoms with van der Waals surface area (Å²) in [6, 6.07) is 0.0239. The van der Waals surface area contributed by atoms with Crippen molar-refractivity contribution in [1.29, 1.82) is 0 Å². The van der Waals surface area contributed by atoms with Crippen molar-refractivity contribution in [2.75, 3.05) is 32.6 Å². The zero-order valence-electron chi connectivity index (χ0n) is 18.1. The van der Waals surface area contributed by atoms with Gasteiger partial charge >= 0.3 is 12.3 Å². The highest BCUT2D eigenvalue weighted by molar-refractivity contribution is 6.48. The van der Waals surface area contributed by atoms with Crippen molar-refractivity contribution < 1.29 is 22.7 Å². The van der Waals surface area contributed by atoms with Gasteiger partial charge in [-0.1, -0.05) is 24.3 Å². The summed E-state index contributed by atoms with van der Waals surface area (Å²) in [6.45, 7) is 5.40. The predicted octanol–water partition coefficient (Wildman–Crippen LogP) is 4.53. The number of amides is 1. The molecule has 8 nitrogen and oxygen atoms in total. The number of halogens is 4. The number of hydrogen-bond acceptors (Lipinski definition) is 6. The smallest absolute Gasteiger partial charge is 0.419 e. The van der Waals surface area contributed by atoms with E-state index in [0.29, 0.717) is 0 Å². The Morgan fingerprint density at radius 1 is 1.45 bits per heavy atom. The largest absolute Gasteiger partial charge is 0.453 e. The molecular weight excluding hydrogens is 461 g/mol. The average molecular weight is 485 g/mol. The van der Waals surface area contributed by atoms with Gasteiger partial charge in [-0.3, -0.25) is 5.32 Å². The molecule has 0 radical (unpaired) electrons. The second-order valence-electron chi connectivity index (χ2n) is 7.52. The van der Waals surface area contributed by atoms with Gasteiger partial charge in [0.05, 0.1) is 23.5 Å². The fourth-order valence-corrected chi connectivity index (χ4v) is 3.84. The molecule has 33 heavy (non-hydrogen) atoms. The van der Waals surface area contributed by atoms with Gasteiger partial charge in [0.25, 0.3) is 0 Å². The molecule has 1 saturated heterocycles. The van der Waals surface area contributed by atoms with Gasteiger partial charge in [-0.15, -0.1) is 0 Å². The number of alkyl carbamates (subject to hydrolysis) is 1. The molecule has 3 heterocycles. The molecule has 1 atom stereocenters. The van der Waals surface area contributed by atoms with Gasteiger partial charge in [-0.25, -0.2) is 14.8 Å². The van der Waals surface area contributed by atoms with E-state index in [2.05, 4.69) is 41.8 Å². The number of aromatic nitrogens is 3. The Balaban J connectivity index is 2.02. The summed E-state index contributed by atoms with van der Waals surface area (Å²) in [4.78, 5) is 24.4. The molecular formula is C21H24ClF3N6O2. The van der Waals surface area contributed by atoms with E-state index in [4.69, 9.17) is 11.6 Å². The van der Waals surface area contributed by atoms with Gasteiger partial charge in [-0.05, 0) is 26.4 Å². The number of likely N-dealkylation sites (tertiary alicyclic amines) is 1. The van der Waals surface area contributed by atoms with Crippen LogP contribution in [0.2, 0.25) is 0 Å². The van der Waals surface area contributed by atoms with Crippen LogP contribution in [0.25, 0.3) is 22.4 Å². The highest BCUT2D eigenvalue weighted by Gasteiger charge is 2.36. The van der Waals surface area contributed by atoms with Gasteiger partial charge in [-0.2, -0.15) is 13.2 Å². The second-order valence-corrected chi connectivity index (χ2v) is 7.93. The summed E-state index contributed by atoms with van der Waals surface area (Å²) >= 11 is 6.24. The van der Waals surface area contributed by atoms with E-state index in [1.54, 1.807) is 0 Å². The number of carbonyl (C=O) groups excluding carboxylic acids is 1. The number of rotatable bonds is 6. The molecule has 0 aromatic carbocycles. The molecule has 1 fully saturated rings. The third-order valence-corrected chi connectivity index (χ3v) is 5.47. The van der Waals surface area contributed by atoms with E-state index < -0.39 is 17.8 Å². The first-order chi connectivity index (χ1) is 15.6. The van der Waals surface area contributed by atoms with Gasteiger partial charge in [0.2, 0.25) is 5.95 Å². The van der Waals surface area contributed by atoms with Crippen molar-refractivity contribution in [3.63, 3.8) is 0 Å². The van der Waals surface area contributed by atoms with Crippen LogP contribution in [0.4, 0.5) is 23.9 Å². The fourth-order valence-electron chi connectivity index (χ4n) is 3.62. The van der Waals surface area contributed by atoms with E-state index in [1.807, 2.05) is 7.05 Å². The van der Waals surface area contributed by atoms with E-state index >= 15 is 0 Å². The highest BCUT2D eigenvalue weighted by atomic mass is 35.5. The van der Waals surface area contributed by atoms with Crippen molar-refractivity contribution in [1.82, 2.24) is 25.2 Å². The standard InChI is InChI=1S/C21H24ClF3N6O2/c1-4-13-14(8-26-18(13)16(22)10-28-20(32)33-3)17-15(21(23,24)25)9-27-19(30-17)29-12-6-5-7-31(2)11-12/h4,8-10,12,26H,1,5-7,11H2,2-3H3,(H,28,32)(H,27,29,30)/b16-10-/t12-/m0/s1. The Bertz CT molecular complexity index is 1050. The second kappa shape index (κ2) is 10.3. The van der Waals surface area contributed by atoms with Crippen LogP contribution in [0, 0.1) is 0 Å². The Labute approximate surface area is 193 Å². The van der Waals surface area contributed by atoms with Crippen molar-refractivity contribution in [2.45, 2.75) is 25.1 Å². The maximum Gasteiger partial charge on any atom is 0.419 e. The van der Waals surface area contributed by atoms with Crippen LogP contribution in [0.15, 0.2) is 25.2 Å².